The van der Waals surface area contributed by atoms with Gasteiger partial charge in [-0.15, -0.1) is 11.3 Å². The van der Waals surface area contributed by atoms with E-state index in [0.29, 0.717) is 5.82 Å². The highest BCUT2D eigenvalue weighted by Crippen LogP contribution is 2.40. The number of hydrogen-bond donors (Lipinski definition) is 3. The number of rotatable bonds is 7. The number of nitrogens with one attached hydrogen (secondary N) is 2. The third kappa shape index (κ3) is 4.35. The molecule has 10 heteroatoms. The normalized spacial score (nSPS) is 10.8. The smallest absolute Gasteiger partial charge is 0.271 e. The number of phenolic OH excluding ortho intramolecular Hbond substituents is 1. The molecule has 1 amide bonds. The number of anilines is 2. The second kappa shape index (κ2) is 8.98. The van der Waals surface area contributed by atoms with Gasteiger partial charge in [-0.05, 0) is 18.6 Å². The molecule has 4 rings (SSSR count). The van der Waals surface area contributed by atoms with Gasteiger partial charge in [0.05, 0.1) is 16.0 Å². The minimum atomic E-state index is -0.593. The zero-order valence-electron chi connectivity index (χ0n) is 17.0. The molecule has 0 atom stereocenters. The summed E-state index contributed by atoms with van der Waals surface area (Å²) in [5, 5.41) is 27.4. The fourth-order valence-corrected chi connectivity index (χ4v) is 4.39. The number of aryl methyl sites for hydroxylation is 1. The first-order chi connectivity index (χ1) is 15.4. The number of phenols is 1. The number of hydrogen-bond acceptors (Lipinski definition) is 8. The van der Waals surface area contributed by atoms with Gasteiger partial charge in [0.25, 0.3) is 5.69 Å². The standard InChI is InChI=1S/C22H19N5O4S/c1-13-19(14-5-3-2-4-6-14)20-21(24-12-25-22(20)32-13)23-10-9-18(29)26-16-11-15(27(30)31)7-8-17(16)28/h2-8,11-12,28H,9-10H2,1H3,(H,26,29)(H,23,24,25). The van der Waals surface area contributed by atoms with E-state index >= 15 is 0 Å². The van der Waals surface area contributed by atoms with Gasteiger partial charge in [0.2, 0.25) is 5.91 Å². The van der Waals surface area contributed by atoms with Gasteiger partial charge in [0, 0.05) is 35.5 Å². The van der Waals surface area contributed by atoms with Crippen LogP contribution in [0.25, 0.3) is 21.3 Å². The van der Waals surface area contributed by atoms with Crippen molar-refractivity contribution in [2.45, 2.75) is 13.3 Å². The number of nitro groups is 1. The molecule has 4 aromatic rings. The van der Waals surface area contributed by atoms with Crippen LogP contribution in [0, 0.1) is 17.0 Å². The summed E-state index contributed by atoms with van der Waals surface area (Å²) in [5.41, 5.74) is 1.89. The highest BCUT2D eigenvalue weighted by molar-refractivity contribution is 7.19. The summed E-state index contributed by atoms with van der Waals surface area (Å²) in [4.78, 5) is 33.4. The number of nitrogens with zero attached hydrogens (tertiary/aromatic N) is 3. The second-order valence-electron chi connectivity index (χ2n) is 6.99. The summed E-state index contributed by atoms with van der Waals surface area (Å²) in [6, 6.07) is 13.4. The lowest BCUT2D eigenvalue weighted by molar-refractivity contribution is -0.384. The molecule has 0 radical (unpaired) electrons. The van der Waals surface area contributed by atoms with E-state index in [1.165, 1.54) is 18.5 Å². The average molecular weight is 449 g/mol. The SMILES string of the molecule is Cc1sc2ncnc(NCCC(=O)Nc3cc([N+](=O)[O-])ccc3O)c2c1-c1ccccc1. The molecule has 3 N–H and O–H groups in total. The number of carbonyl (C=O) groups is 1. The van der Waals surface area contributed by atoms with Crippen LogP contribution in [0.2, 0.25) is 0 Å². The van der Waals surface area contributed by atoms with E-state index in [0.717, 1.165) is 32.3 Å². The van der Waals surface area contributed by atoms with Crippen LogP contribution in [0.1, 0.15) is 11.3 Å². The summed E-state index contributed by atoms with van der Waals surface area (Å²) in [5.74, 6) is -0.0109. The zero-order valence-corrected chi connectivity index (χ0v) is 17.8. The third-order valence-electron chi connectivity index (χ3n) is 4.84. The number of thiophene rings is 1. The van der Waals surface area contributed by atoms with Crippen molar-refractivity contribution in [2.24, 2.45) is 0 Å². The predicted molar refractivity (Wildman–Crippen MR) is 124 cm³/mol. The van der Waals surface area contributed by atoms with Gasteiger partial charge in [0.15, 0.2) is 0 Å². The zero-order chi connectivity index (χ0) is 22.7. The maximum absolute atomic E-state index is 12.3. The van der Waals surface area contributed by atoms with Crippen molar-refractivity contribution in [3.63, 3.8) is 0 Å². The van der Waals surface area contributed by atoms with Crippen LogP contribution in [0.15, 0.2) is 54.9 Å². The van der Waals surface area contributed by atoms with Crippen LogP contribution in [0.3, 0.4) is 0 Å². The average Bonchev–Trinajstić information content (AvgIpc) is 3.12. The number of non-ortho nitro benzene ring substituents is 1. The molecule has 0 fully saturated rings. The molecule has 0 spiro atoms. The Morgan fingerprint density at radius 3 is 2.72 bits per heavy atom. The van der Waals surface area contributed by atoms with E-state index in [9.17, 15) is 20.0 Å². The molecule has 0 aliphatic carbocycles. The highest BCUT2D eigenvalue weighted by atomic mass is 32.1. The number of aromatic nitrogens is 2. The lowest BCUT2D eigenvalue weighted by atomic mass is 10.0. The Morgan fingerprint density at radius 1 is 1.19 bits per heavy atom. The number of fused-ring (bicyclic) bond motifs is 1. The van der Waals surface area contributed by atoms with Gasteiger partial charge >= 0.3 is 0 Å². The maximum atomic E-state index is 12.3. The summed E-state index contributed by atoms with van der Waals surface area (Å²) >= 11 is 1.58. The van der Waals surface area contributed by atoms with Gasteiger partial charge in [-0.2, -0.15) is 0 Å². The van der Waals surface area contributed by atoms with Gasteiger partial charge in [-0.25, -0.2) is 9.97 Å². The Kier molecular flexibility index (Phi) is 5.95. The van der Waals surface area contributed by atoms with Crippen LogP contribution in [-0.2, 0) is 4.79 Å². The second-order valence-corrected chi connectivity index (χ2v) is 8.19. The summed E-state index contributed by atoms with van der Waals surface area (Å²) < 4.78 is 0. The van der Waals surface area contributed by atoms with Crippen LogP contribution in [-0.4, -0.2) is 32.4 Å². The summed E-state index contributed by atoms with van der Waals surface area (Å²) in [6.45, 7) is 2.31. The molecule has 0 saturated heterocycles. The molecular formula is C22H19N5O4S. The Morgan fingerprint density at radius 2 is 1.97 bits per heavy atom. The summed E-state index contributed by atoms with van der Waals surface area (Å²) in [7, 11) is 0. The number of amides is 1. The van der Waals surface area contributed by atoms with E-state index < -0.39 is 10.8 Å². The summed E-state index contributed by atoms with van der Waals surface area (Å²) in [6.07, 6.45) is 1.55. The number of benzene rings is 2. The largest absolute Gasteiger partial charge is 0.506 e. The Labute approximate surface area is 186 Å². The molecule has 0 unspecified atom stereocenters. The lowest BCUT2D eigenvalue weighted by Gasteiger charge is -2.10. The van der Waals surface area contributed by atoms with E-state index in [-0.39, 0.29) is 30.1 Å². The van der Waals surface area contributed by atoms with Crippen molar-refractivity contribution in [3.05, 3.63) is 69.8 Å². The fraction of sp³-hybridized carbons (Fsp3) is 0.136. The molecule has 9 nitrogen and oxygen atoms in total. The first-order valence-corrected chi connectivity index (χ1v) is 10.6. The molecule has 162 valence electrons. The van der Waals surface area contributed by atoms with Gasteiger partial charge in [-0.3, -0.25) is 14.9 Å². The van der Waals surface area contributed by atoms with Crippen LogP contribution in [0.5, 0.6) is 5.75 Å². The van der Waals surface area contributed by atoms with Crippen LogP contribution < -0.4 is 10.6 Å². The molecule has 0 bridgehead atoms. The quantitative estimate of drug-likeness (QED) is 0.211. The van der Waals surface area contributed by atoms with Crippen molar-refractivity contribution in [1.29, 1.82) is 0 Å². The predicted octanol–water partition coefficient (Wildman–Crippen LogP) is 4.72. The van der Waals surface area contributed by atoms with E-state index in [2.05, 4.69) is 20.6 Å². The minimum Gasteiger partial charge on any atom is -0.506 e. The van der Waals surface area contributed by atoms with Crippen molar-refractivity contribution in [2.75, 3.05) is 17.2 Å². The van der Waals surface area contributed by atoms with Crippen molar-refractivity contribution in [3.8, 4) is 16.9 Å². The number of nitro benzene ring substituents is 1. The molecule has 2 aromatic heterocycles. The highest BCUT2D eigenvalue weighted by Gasteiger charge is 2.17. The number of carbonyl (C=O) groups excluding carboxylic acids is 1. The molecule has 0 aliphatic rings. The molecule has 32 heavy (non-hydrogen) atoms. The lowest BCUT2D eigenvalue weighted by Crippen LogP contribution is -2.17. The first kappa shape index (κ1) is 21.2. The Balaban J connectivity index is 1.49. The topological polar surface area (TPSA) is 130 Å². The van der Waals surface area contributed by atoms with Gasteiger partial charge < -0.3 is 15.7 Å². The van der Waals surface area contributed by atoms with Crippen molar-refractivity contribution >= 4 is 44.7 Å². The fourth-order valence-electron chi connectivity index (χ4n) is 3.38. The molecule has 0 saturated carbocycles. The first-order valence-electron chi connectivity index (χ1n) is 9.74. The molecule has 2 aromatic carbocycles. The van der Waals surface area contributed by atoms with Crippen molar-refractivity contribution in [1.82, 2.24) is 9.97 Å². The van der Waals surface area contributed by atoms with Crippen molar-refractivity contribution < 1.29 is 14.8 Å². The van der Waals surface area contributed by atoms with E-state index in [4.69, 9.17) is 0 Å². The van der Waals surface area contributed by atoms with Crippen LogP contribution in [0.4, 0.5) is 17.2 Å². The maximum Gasteiger partial charge on any atom is 0.271 e. The molecule has 2 heterocycles. The molecule has 0 aliphatic heterocycles. The minimum absolute atomic E-state index is 0.00607. The third-order valence-corrected chi connectivity index (χ3v) is 5.85. The van der Waals surface area contributed by atoms with E-state index in [1.807, 2.05) is 37.3 Å². The number of aromatic hydroxyl groups is 1. The van der Waals surface area contributed by atoms with E-state index in [1.54, 1.807) is 11.3 Å². The Hall–Kier alpha value is -4.05. The Bertz CT molecular complexity index is 1310. The monoisotopic (exact) mass is 449 g/mol. The van der Waals surface area contributed by atoms with Gasteiger partial charge in [-0.1, -0.05) is 30.3 Å². The van der Waals surface area contributed by atoms with Gasteiger partial charge in [0.1, 0.15) is 22.7 Å². The molecular weight excluding hydrogens is 430 g/mol. The van der Waals surface area contributed by atoms with Crippen LogP contribution >= 0.6 is 11.3 Å².